The van der Waals surface area contributed by atoms with Gasteiger partial charge in [0.05, 0.1) is 26.5 Å². The van der Waals surface area contributed by atoms with Gasteiger partial charge in [-0.1, -0.05) is 46.7 Å². The Morgan fingerprint density at radius 2 is 2.04 bits per heavy atom. The molecule has 136 valence electrons. The zero-order valence-corrected chi connectivity index (χ0v) is 15.4. The van der Waals surface area contributed by atoms with Gasteiger partial charge in [0, 0.05) is 1.43 Å². The summed E-state index contributed by atoms with van der Waals surface area (Å²) in [7, 11) is 0. The van der Waals surface area contributed by atoms with Crippen LogP contribution < -0.4 is 5.32 Å². The Balaban J connectivity index is 0. The Hall–Kier alpha value is -1.47. The van der Waals surface area contributed by atoms with Gasteiger partial charge in [-0.05, 0) is 18.3 Å². The van der Waals surface area contributed by atoms with Crippen molar-refractivity contribution in [3.63, 3.8) is 0 Å². The van der Waals surface area contributed by atoms with Crippen molar-refractivity contribution < 1.29 is 20.2 Å². The van der Waals surface area contributed by atoms with Crippen LogP contribution in [0.4, 0.5) is 0 Å². The van der Waals surface area contributed by atoms with Crippen molar-refractivity contribution in [1.29, 1.82) is 0 Å². The van der Waals surface area contributed by atoms with E-state index in [4.69, 9.17) is 14.0 Å². The van der Waals surface area contributed by atoms with Crippen LogP contribution in [0.25, 0.3) is 0 Å². The minimum atomic E-state index is -0.605. The highest BCUT2D eigenvalue weighted by atomic mass is 16.6. The predicted octanol–water partition coefficient (Wildman–Crippen LogP) is 3.26. The number of rotatable bonds is 8. The zero-order chi connectivity index (χ0) is 17.9. The van der Waals surface area contributed by atoms with Crippen LogP contribution in [0, 0.1) is 11.3 Å². The smallest absolute Gasteiger partial charge is 0.397 e. The predicted molar refractivity (Wildman–Crippen MR) is 90.0 cm³/mol. The van der Waals surface area contributed by atoms with Crippen molar-refractivity contribution in [2.75, 3.05) is 19.9 Å². The van der Waals surface area contributed by atoms with Crippen LogP contribution in [-0.2, 0) is 16.0 Å². The highest BCUT2D eigenvalue weighted by Crippen LogP contribution is 2.25. The minimum absolute atomic E-state index is 0. The molecule has 0 fully saturated rings. The lowest BCUT2D eigenvalue weighted by Gasteiger charge is -2.26. The van der Waals surface area contributed by atoms with E-state index in [-0.39, 0.29) is 19.3 Å². The Bertz CT molecular complexity index is 447. The van der Waals surface area contributed by atoms with E-state index in [1.807, 2.05) is 13.8 Å². The van der Waals surface area contributed by atoms with Gasteiger partial charge in [-0.15, -0.1) is 0 Å². The fraction of sp³-hybridized carbons (Fsp3) is 0.812. The number of carbonyl (C=O) groups excluding carboxylic acids is 1. The van der Waals surface area contributed by atoms with E-state index in [2.05, 4.69) is 43.2 Å². The minimum Gasteiger partial charge on any atom is -0.459 e. The Morgan fingerprint density at radius 1 is 1.39 bits per heavy atom. The molecular weight excluding hydrogens is 298 g/mol. The molecule has 0 aliphatic carbocycles. The SMILES string of the molecule is CC.CCOC(=O)c1nc(CNCOCC(C)C(C)(C)C)no1.[HH]. The lowest BCUT2D eigenvalue weighted by atomic mass is 9.83. The molecule has 7 nitrogen and oxygen atoms in total. The van der Waals surface area contributed by atoms with E-state index in [1.165, 1.54) is 0 Å². The first-order chi connectivity index (χ1) is 10.8. The third kappa shape index (κ3) is 8.66. The highest BCUT2D eigenvalue weighted by Gasteiger charge is 2.20. The molecule has 1 N–H and O–H groups in total. The number of hydrogen-bond acceptors (Lipinski definition) is 7. The van der Waals surface area contributed by atoms with Gasteiger partial charge in [0.25, 0.3) is 0 Å². The molecular formula is C16H33N3O4. The summed E-state index contributed by atoms with van der Waals surface area (Å²) >= 11 is 0. The summed E-state index contributed by atoms with van der Waals surface area (Å²) in [5, 5.41) is 6.72. The third-order valence-electron chi connectivity index (χ3n) is 3.25. The summed E-state index contributed by atoms with van der Waals surface area (Å²) in [5.41, 5.74) is 0.224. The van der Waals surface area contributed by atoms with Crippen molar-refractivity contribution in [1.82, 2.24) is 15.5 Å². The third-order valence-corrected chi connectivity index (χ3v) is 3.25. The van der Waals surface area contributed by atoms with E-state index in [0.717, 1.165) is 0 Å². The first-order valence-corrected chi connectivity index (χ1v) is 8.12. The average Bonchev–Trinajstić information content (AvgIpc) is 2.97. The lowest BCUT2D eigenvalue weighted by molar-refractivity contribution is 0.0470. The number of nitrogens with one attached hydrogen (secondary N) is 1. The lowest BCUT2D eigenvalue weighted by Crippen LogP contribution is -2.26. The van der Waals surface area contributed by atoms with E-state index in [9.17, 15) is 4.79 Å². The van der Waals surface area contributed by atoms with Gasteiger partial charge in [-0.2, -0.15) is 4.98 Å². The fourth-order valence-electron chi connectivity index (χ4n) is 1.32. The van der Waals surface area contributed by atoms with E-state index in [0.29, 0.717) is 31.6 Å². The van der Waals surface area contributed by atoms with E-state index >= 15 is 0 Å². The van der Waals surface area contributed by atoms with Gasteiger partial charge in [-0.25, -0.2) is 4.79 Å². The van der Waals surface area contributed by atoms with Crippen LogP contribution in [0.5, 0.6) is 0 Å². The van der Waals surface area contributed by atoms with Crippen LogP contribution >= 0.6 is 0 Å². The molecule has 0 saturated heterocycles. The Labute approximate surface area is 140 Å². The molecule has 23 heavy (non-hydrogen) atoms. The standard InChI is InChI=1S/C14H25N3O4.C2H6.H2/c1-6-20-13(18)12-16-11(17-21-12)7-15-9-19-8-10(2)14(3,4)5;1-2;/h10,15H,6-9H2,1-5H3;1-2H3;1H. The maximum atomic E-state index is 11.3. The fourth-order valence-corrected chi connectivity index (χ4v) is 1.32. The van der Waals surface area contributed by atoms with Crippen molar-refractivity contribution in [2.24, 2.45) is 11.3 Å². The van der Waals surface area contributed by atoms with Gasteiger partial charge in [0.1, 0.15) is 0 Å². The number of carbonyl (C=O) groups is 1. The largest absolute Gasteiger partial charge is 0.459 e. The van der Waals surface area contributed by atoms with E-state index < -0.39 is 5.97 Å². The van der Waals surface area contributed by atoms with E-state index in [1.54, 1.807) is 6.92 Å². The maximum absolute atomic E-state index is 11.3. The number of aromatic nitrogens is 2. The summed E-state index contributed by atoms with van der Waals surface area (Å²) < 4.78 is 15.1. The Morgan fingerprint density at radius 3 is 2.61 bits per heavy atom. The quantitative estimate of drug-likeness (QED) is 0.444. The molecule has 0 aromatic carbocycles. The van der Waals surface area contributed by atoms with Gasteiger partial charge in [0.15, 0.2) is 5.82 Å². The first-order valence-electron chi connectivity index (χ1n) is 8.12. The van der Waals surface area contributed by atoms with Gasteiger partial charge in [0.2, 0.25) is 0 Å². The van der Waals surface area contributed by atoms with Crippen LogP contribution in [0.1, 0.15) is 66.4 Å². The summed E-state index contributed by atoms with van der Waals surface area (Å²) in [6.45, 7) is 16.1. The van der Waals surface area contributed by atoms with Crippen molar-refractivity contribution in [2.45, 2.75) is 55.0 Å². The molecule has 1 rings (SSSR count). The summed E-state index contributed by atoms with van der Waals surface area (Å²) in [6.07, 6.45) is 0. The molecule has 0 aliphatic rings. The van der Waals surface area contributed by atoms with Crippen LogP contribution in [0.15, 0.2) is 4.52 Å². The number of nitrogens with zero attached hydrogens (tertiary/aromatic N) is 2. The second-order valence-corrected chi connectivity index (χ2v) is 5.95. The normalized spacial score (nSPS) is 12.3. The molecule has 0 amide bonds. The number of ether oxygens (including phenoxy) is 2. The average molecular weight is 331 g/mol. The van der Waals surface area contributed by atoms with Gasteiger partial charge in [-0.3, -0.25) is 5.32 Å². The van der Waals surface area contributed by atoms with Crippen LogP contribution in [-0.4, -0.2) is 36.1 Å². The van der Waals surface area contributed by atoms with Gasteiger partial charge < -0.3 is 14.0 Å². The second kappa shape index (κ2) is 11.1. The van der Waals surface area contributed by atoms with Crippen molar-refractivity contribution in [3.8, 4) is 0 Å². The summed E-state index contributed by atoms with van der Waals surface area (Å²) in [5.74, 6) is 0.118. The monoisotopic (exact) mass is 331 g/mol. The molecule has 0 saturated carbocycles. The number of esters is 1. The zero-order valence-electron chi connectivity index (χ0n) is 15.4. The maximum Gasteiger partial charge on any atom is 0.397 e. The second-order valence-electron chi connectivity index (χ2n) is 5.95. The molecule has 1 aromatic heterocycles. The molecule has 0 aliphatic heterocycles. The molecule has 0 radical (unpaired) electrons. The number of hydrogen-bond donors (Lipinski definition) is 1. The Kier molecular flexibility index (Phi) is 10.4. The van der Waals surface area contributed by atoms with Crippen LogP contribution in [0.2, 0.25) is 0 Å². The molecule has 1 heterocycles. The van der Waals surface area contributed by atoms with Crippen molar-refractivity contribution >= 4 is 5.97 Å². The summed E-state index contributed by atoms with van der Waals surface area (Å²) in [4.78, 5) is 15.3. The molecule has 7 heteroatoms. The molecule has 1 atom stereocenters. The van der Waals surface area contributed by atoms with Crippen LogP contribution in [0.3, 0.4) is 0 Å². The molecule has 0 spiro atoms. The highest BCUT2D eigenvalue weighted by molar-refractivity contribution is 5.83. The topological polar surface area (TPSA) is 86.5 Å². The van der Waals surface area contributed by atoms with Gasteiger partial charge >= 0.3 is 11.9 Å². The summed E-state index contributed by atoms with van der Waals surface area (Å²) in [6, 6.07) is 0. The molecule has 1 unspecified atom stereocenters. The molecule has 0 bridgehead atoms. The first kappa shape index (κ1) is 21.5. The van der Waals surface area contributed by atoms with Crippen molar-refractivity contribution in [3.05, 3.63) is 11.7 Å². The molecule has 1 aromatic rings.